The molecule has 1 amide bonds. The Morgan fingerprint density at radius 3 is 2.84 bits per heavy atom. The van der Waals surface area contributed by atoms with Crippen LogP contribution in [0.3, 0.4) is 0 Å². The Morgan fingerprint density at radius 2 is 2.20 bits per heavy atom. The lowest BCUT2D eigenvalue weighted by Crippen LogP contribution is -2.47. The number of carbonyl (C=O) groups is 2. The van der Waals surface area contributed by atoms with Gasteiger partial charge in [-0.25, -0.2) is 5.01 Å². The van der Waals surface area contributed by atoms with Crippen LogP contribution in [0.1, 0.15) is 37.7 Å². The molecule has 0 saturated heterocycles. The Kier molecular flexibility index (Phi) is 4.64. The minimum Gasteiger partial charge on any atom is -0.383 e. The van der Waals surface area contributed by atoms with Crippen LogP contribution in [0.15, 0.2) is 51.4 Å². The number of benzene rings is 1. The highest BCUT2D eigenvalue weighted by atomic mass is 79.9. The van der Waals surface area contributed by atoms with Crippen LogP contribution < -0.4 is 11.2 Å². The molecule has 1 heterocycles. The van der Waals surface area contributed by atoms with Crippen molar-refractivity contribution in [1.29, 1.82) is 5.26 Å². The molecule has 128 valence electrons. The molecule has 1 aliphatic carbocycles. The highest BCUT2D eigenvalue weighted by molar-refractivity contribution is 9.10. The largest absolute Gasteiger partial charge is 0.383 e. The molecule has 1 aromatic rings. The summed E-state index contributed by atoms with van der Waals surface area (Å²) in [5, 5.41) is 11.1. The highest BCUT2D eigenvalue weighted by Gasteiger charge is 2.40. The number of allylic oxidation sites excluding steroid dienone is 3. The van der Waals surface area contributed by atoms with E-state index in [-0.39, 0.29) is 23.1 Å². The summed E-state index contributed by atoms with van der Waals surface area (Å²) in [7, 11) is 0. The average Bonchev–Trinajstić information content (AvgIpc) is 2.57. The van der Waals surface area contributed by atoms with E-state index in [1.165, 1.54) is 11.9 Å². The molecular formula is C18H17BrN4O2. The van der Waals surface area contributed by atoms with Gasteiger partial charge in [-0.1, -0.05) is 28.1 Å². The van der Waals surface area contributed by atoms with Crippen molar-refractivity contribution in [2.24, 2.45) is 5.73 Å². The molecule has 6 nitrogen and oxygen atoms in total. The topological polar surface area (TPSA) is 99.2 Å². The van der Waals surface area contributed by atoms with Gasteiger partial charge in [-0.05, 0) is 30.5 Å². The van der Waals surface area contributed by atoms with Gasteiger partial charge in [-0.2, -0.15) is 5.26 Å². The molecule has 25 heavy (non-hydrogen) atoms. The summed E-state index contributed by atoms with van der Waals surface area (Å²) in [5.41, 5.74) is 11.2. The van der Waals surface area contributed by atoms with Crippen LogP contribution in [-0.2, 0) is 9.59 Å². The molecule has 1 aromatic carbocycles. The number of Topliss-reactive ketones (excluding diaryl/α,β-unsaturated/α-hetero) is 1. The number of ketones is 1. The normalized spacial score (nSPS) is 20.3. The maximum atomic E-state index is 12.7. The SMILES string of the molecule is CC(=O)NN1C(N)=C(C#N)C(c2cccc(Br)c2)C2=C1CCCC2=O. The molecule has 0 fully saturated rings. The quantitative estimate of drug-likeness (QED) is 0.794. The summed E-state index contributed by atoms with van der Waals surface area (Å²) < 4.78 is 0.857. The Balaban J connectivity index is 2.24. The minimum absolute atomic E-state index is 0.0122. The minimum atomic E-state index is -0.518. The van der Waals surface area contributed by atoms with E-state index in [0.29, 0.717) is 30.5 Å². The predicted octanol–water partition coefficient (Wildman–Crippen LogP) is 2.60. The van der Waals surface area contributed by atoms with E-state index in [2.05, 4.69) is 27.4 Å². The van der Waals surface area contributed by atoms with Crippen LogP contribution in [0.2, 0.25) is 0 Å². The summed E-state index contributed by atoms with van der Waals surface area (Å²) in [6, 6.07) is 9.64. The summed E-state index contributed by atoms with van der Waals surface area (Å²) in [6.07, 6.45) is 1.73. The Morgan fingerprint density at radius 1 is 1.44 bits per heavy atom. The molecule has 1 aliphatic heterocycles. The van der Waals surface area contributed by atoms with E-state index in [1.54, 1.807) is 0 Å². The van der Waals surface area contributed by atoms with Crippen molar-refractivity contribution in [3.8, 4) is 6.07 Å². The van der Waals surface area contributed by atoms with Crippen LogP contribution in [0, 0.1) is 11.3 Å². The first kappa shape index (κ1) is 17.2. The fourth-order valence-corrected chi connectivity index (χ4v) is 3.81. The number of hydrogen-bond donors (Lipinski definition) is 2. The Bertz CT molecular complexity index is 866. The first-order valence-electron chi connectivity index (χ1n) is 7.92. The van der Waals surface area contributed by atoms with Gasteiger partial charge in [0.05, 0.1) is 17.6 Å². The molecule has 1 atom stereocenters. The third kappa shape index (κ3) is 3.05. The molecule has 0 radical (unpaired) electrons. The molecule has 3 rings (SSSR count). The summed E-state index contributed by atoms with van der Waals surface area (Å²) in [5.74, 6) is -0.681. The van der Waals surface area contributed by atoms with Gasteiger partial charge in [0.25, 0.3) is 0 Å². The van der Waals surface area contributed by atoms with Crippen LogP contribution in [0.5, 0.6) is 0 Å². The first-order chi connectivity index (χ1) is 11.9. The van der Waals surface area contributed by atoms with Crippen LogP contribution in [0.4, 0.5) is 0 Å². The number of halogens is 1. The third-order valence-corrected chi connectivity index (χ3v) is 4.86. The van der Waals surface area contributed by atoms with Crippen LogP contribution >= 0.6 is 15.9 Å². The fraction of sp³-hybridized carbons (Fsp3) is 0.278. The Hall–Kier alpha value is -2.59. The summed E-state index contributed by atoms with van der Waals surface area (Å²) in [6.45, 7) is 1.37. The lowest BCUT2D eigenvalue weighted by Gasteiger charge is -2.39. The highest BCUT2D eigenvalue weighted by Crippen LogP contribution is 2.44. The van der Waals surface area contributed by atoms with Gasteiger partial charge in [0.2, 0.25) is 5.91 Å². The van der Waals surface area contributed by atoms with Gasteiger partial charge in [-0.15, -0.1) is 0 Å². The van der Waals surface area contributed by atoms with Gasteiger partial charge >= 0.3 is 0 Å². The molecular weight excluding hydrogens is 384 g/mol. The lowest BCUT2D eigenvalue weighted by molar-refractivity contribution is -0.123. The summed E-state index contributed by atoms with van der Waals surface area (Å²) in [4.78, 5) is 24.3. The van der Waals surface area contributed by atoms with Crippen molar-refractivity contribution < 1.29 is 9.59 Å². The average molecular weight is 401 g/mol. The zero-order chi connectivity index (χ0) is 18.1. The van der Waals surface area contributed by atoms with Crippen molar-refractivity contribution in [3.63, 3.8) is 0 Å². The summed E-state index contributed by atoms with van der Waals surface area (Å²) >= 11 is 3.43. The van der Waals surface area contributed by atoms with Crippen molar-refractivity contribution in [2.45, 2.75) is 32.1 Å². The van der Waals surface area contributed by atoms with E-state index in [4.69, 9.17) is 5.73 Å². The van der Waals surface area contributed by atoms with E-state index in [1.807, 2.05) is 24.3 Å². The number of nitrogens with two attached hydrogens (primary N) is 1. The van der Waals surface area contributed by atoms with Crippen molar-refractivity contribution >= 4 is 27.6 Å². The lowest BCUT2D eigenvalue weighted by atomic mass is 9.76. The van der Waals surface area contributed by atoms with Gasteiger partial charge in [-0.3, -0.25) is 15.0 Å². The maximum Gasteiger partial charge on any atom is 0.235 e. The number of rotatable bonds is 2. The van der Waals surface area contributed by atoms with E-state index in [0.717, 1.165) is 10.0 Å². The first-order valence-corrected chi connectivity index (χ1v) is 8.72. The second-order valence-corrected chi connectivity index (χ2v) is 6.95. The molecule has 3 N–H and O–H groups in total. The van der Waals surface area contributed by atoms with E-state index < -0.39 is 5.92 Å². The second-order valence-electron chi connectivity index (χ2n) is 6.04. The zero-order valence-electron chi connectivity index (χ0n) is 13.7. The molecule has 7 heteroatoms. The van der Waals surface area contributed by atoms with Gasteiger partial charge in [0.1, 0.15) is 5.82 Å². The van der Waals surface area contributed by atoms with Gasteiger partial charge in [0.15, 0.2) is 5.78 Å². The molecule has 0 saturated carbocycles. The van der Waals surface area contributed by atoms with Crippen molar-refractivity contribution in [3.05, 3.63) is 57.0 Å². The number of nitriles is 1. The number of nitrogens with zero attached hydrogens (tertiary/aromatic N) is 2. The molecule has 2 aliphatic rings. The second kappa shape index (κ2) is 6.73. The number of hydrogen-bond acceptors (Lipinski definition) is 5. The molecule has 0 spiro atoms. The van der Waals surface area contributed by atoms with Crippen molar-refractivity contribution in [1.82, 2.24) is 10.4 Å². The third-order valence-electron chi connectivity index (χ3n) is 4.36. The molecule has 0 aromatic heterocycles. The van der Waals surface area contributed by atoms with Crippen molar-refractivity contribution in [2.75, 3.05) is 0 Å². The van der Waals surface area contributed by atoms with Crippen LogP contribution in [-0.4, -0.2) is 16.7 Å². The maximum absolute atomic E-state index is 12.7. The molecule has 1 unspecified atom stereocenters. The molecule has 0 bridgehead atoms. The van der Waals surface area contributed by atoms with Gasteiger partial charge < -0.3 is 5.73 Å². The van der Waals surface area contributed by atoms with E-state index in [9.17, 15) is 14.9 Å². The van der Waals surface area contributed by atoms with Gasteiger partial charge in [0, 0.05) is 29.1 Å². The van der Waals surface area contributed by atoms with Crippen LogP contribution in [0.25, 0.3) is 0 Å². The zero-order valence-corrected chi connectivity index (χ0v) is 15.3. The smallest absolute Gasteiger partial charge is 0.235 e. The monoisotopic (exact) mass is 400 g/mol. The Labute approximate surface area is 154 Å². The number of amides is 1. The number of nitrogens with one attached hydrogen (secondary N) is 1. The standard InChI is InChI=1S/C18H17BrN4O2/c1-10(24)22-23-14-6-3-7-15(25)17(14)16(13(9-20)18(23)21)11-4-2-5-12(19)8-11/h2,4-5,8,16H,3,6-7,21H2,1H3,(H,22,24). The number of carbonyl (C=O) groups excluding carboxylic acids is 2. The van der Waals surface area contributed by atoms with E-state index >= 15 is 0 Å². The fourth-order valence-electron chi connectivity index (χ4n) is 3.39. The predicted molar refractivity (Wildman–Crippen MR) is 95.2 cm³/mol. The number of hydrazine groups is 1.